The van der Waals surface area contributed by atoms with Crippen molar-refractivity contribution in [3.8, 4) is 0 Å². The fraction of sp³-hybridized carbons (Fsp3) is 1.00. The molecule has 0 radical (unpaired) electrons. The maximum absolute atomic E-state index is 5.98. The molecule has 6 nitrogen and oxygen atoms in total. The minimum atomic E-state index is -2.43. The van der Waals surface area contributed by atoms with Crippen LogP contribution in [-0.4, -0.2) is 38.1 Å². The summed E-state index contributed by atoms with van der Waals surface area (Å²) in [6.07, 6.45) is 0. The molecule has 8 heteroatoms. The van der Waals surface area contributed by atoms with Crippen LogP contribution in [0.25, 0.3) is 0 Å². The van der Waals surface area contributed by atoms with Crippen molar-refractivity contribution in [2.75, 3.05) is 33.0 Å². The maximum Gasteiger partial charge on any atom is 0.512 e. The number of hydrogen-bond acceptors (Lipinski definition) is 6. The van der Waals surface area contributed by atoms with E-state index in [1.807, 2.05) is 0 Å². The third kappa shape index (κ3) is 1.74. The van der Waals surface area contributed by atoms with Gasteiger partial charge < -0.3 is 0 Å². The van der Waals surface area contributed by atoms with Crippen LogP contribution in [0.1, 0.15) is 27.7 Å². The highest BCUT2D eigenvalue weighted by Gasteiger charge is 3.12. The van der Waals surface area contributed by atoms with E-state index in [0.29, 0.717) is 33.0 Å². The molecule has 0 aromatic rings. The summed E-state index contributed by atoms with van der Waals surface area (Å²) in [5.74, 6) is 0. The highest BCUT2D eigenvalue weighted by molar-refractivity contribution is 7.87. The maximum atomic E-state index is 5.98. The second-order valence-corrected chi connectivity index (χ2v) is 12.8. The van der Waals surface area contributed by atoms with Gasteiger partial charge in [0.25, 0.3) is 0 Å². The fourth-order valence-electron chi connectivity index (χ4n) is 2.49. The molecule has 0 saturated carbocycles. The first-order valence-corrected chi connectivity index (χ1v) is 10.0. The largest absolute Gasteiger partial charge is 0.512 e. The molecule has 0 aromatic heterocycles. The van der Waals surface area contributed by atoms with E-state index in [0.717, 1.165) is 0 Å². The summed E-state index contributed by atoms with van der Waals surface area (Å²) in [7, 11) is -4.74. The Morgan fingerprint density at radius 3 is 1.40 bits per heavy atom. The molecule has 0 N–H and O–H groups in total. The van der Waals surface area contributed by atoms with Gasteiger partial charge in [-0.05, 0) is 0 Å². The van der Waals surface area contributed by atoms with Crippen molar-refractivity contribution in [1.29, 1.82) is 0 Å². The van der Waals surface area contributed by atoms with Gasteiger partial charge in [0, 0.05) is 10.8 Å². The normalized spacial score (nSPS) is 42.6. The fourth-order valence-corrected chi connectivity index (χ4v) is 10.1. The lowest BCUT2D eigenvalue weighted by atomic mass is 9.97. The van der Waals surface area contributed by atoms with Crippen LogP contribution in [0.2, 0.25) is 0 Å². The molecule has 0 aromatic carbocycles. The molecule has 0 bridgehead atoms. The minimum absolute atomic E-state index is 0.0160. The second kappa shape index (κ2) is 3.93. The van der Waals surface area contributed by atoms with E-state index >= 15 is 0 Å². The Hall–Kier alpha value is 0.620. The van der Waals surface area contributed by atoms with Crippen LogP contribution in [-0.2, 0) is 27.1 Å². The smallest absolute Gasteiger partial charge is 0.172 e. The molecular formula is C12H22O6P2+2. The molecule has 4 rings (SSSR count). The molecule has 1 atom stereocenters. The van der Waals surface area contributed by atoms with E-state index < -0.39 is 21.0 Å². The van der Waals surface area contributed by atoms with E-state index in [9.17, 15) is 0 Å². The van der Waals surface area contributed by atoms with E-state index in [4.69, 9.17) is 27.1 Å². The Labute approximate surface area is 120 Å². The first-order valence-electron chi connectivity index (χ1n) is 6.96. The summed E-state index contributed by atoms with van der Waals surface area (Å²) >= 11 is 0. The zero-order valence-electron chi connectivity index (χ0n) is 12.4. The average Bonchev–Trinajstić information content (AvgIpc) is 3.05. The van der Waals surface area contributed by atoms with Crippen LogP contribution in [0.3, 0.4) is 0 Å². The Morgan fingerprint density at radius 1 is 0.600 bits per heavy atom. The van der Waals surface area contributed by atoms with Gasteiger partial charge in [-0.25, -0.2) is 0 Å². The van der Waals surface area contributed by atoms with Crippen molar-refractivity contribution in [2.24, 2.45) is 10.8 Å². The Morgan fingerprint density at radius 2 is 1.00 bits per heavy atom. The lowest BCUT2D eigenvalue weighted by Crippen LogP contribution is -2.45. The molecule has 0 amide bonds. The molecule has 4 saturated heterocycles. The second-order valence-electron chi connectivity index (χ2n) is 7.52. The lowest BCUT2D eigenvalue weighted by Gasteiger charge is -2.38. The van der Waals surface area contributed by atoms with E-state index in [1.54, 1.807) is 0 Å². The molecule has 3 spiro atoms. The van der Waals surface area contributed by atoms with E-state index in [2.05, 4.69) is 27.7 Å². The van der Waals surface area contributed by atoms with Gasteiger partial charge in [-0.2, -0.15) is 22.6 Å². The summed E-state index contributed by atoms with van der Waals surface area (Å²) in [6.45, 7) is 11.5. The van der Waals surface area contributed by atoms with Crippen molar-refractivity contribution in [2.45, 2.75) is 32.8 Å². The summed E-state index contributed by atoms with van der Waals surface area (Å²) < 4.78 is 35.6. The third-order valence-electron chi connectivity index (χ3n) is 4.01. The van der Waals surface area contributed by atoms with Gasteiger partial charge in [0.2, 0.25) is 6.61 Å². The van der Waals surface area contributed by atoms with E-state index in [1.165, 1.54) is 0 Å². The van der Waals surface area contributed by atoms with Gasteiger partial charge in [0.15, 0.2) is 0 Å². The zero-order valence-corrected chi connectivity index (χ0v) is 14.2. The van der Waals surface area contributed by atoms with Crippen LogP contribution in [0.15, 0.2) is 0 Å². The SMILES string of the molecule is CC1(C)CO[P+]2(OC1)OCC21O[P+]12OCC(C)(C)CO2. The highest BCUT2D eigenvalue weighted by Crippen LogP contribution is 3.07. The van der Waals surface area contributed by atoms with Crippen molar-refractivity contribution in [3.63, 3.8) is 0 Å². The van der Waals surface area contributed by atoms with Gasteiger partial charge in [0.05, 0.1) is 0 Å². The van der Waals surface area contributed by atoms with Crippen LogP contribution < -0.4 is 0 Å². The van der Waals surface area contributed by atoms with Crippen molar-refractivity contribution >= 4 is 15.9 Å². The first-order chi connectivity index (χ1) is 9.24. The molecule has 4 heterocycles. The summed E-state index contributed by atoms with van der Waals surface area (Å²) in [5, 5.41) is -0.549. The van der Waals surface area contributed by atoms with Crippen LogP contribution in [0, 0.1) is 10.8 Å². The van der Waals surface area contributed by atoms with Crippen molar-refractivity contribution < 1.29 is 27.1 Å². The van der Waals surface area contributed by atoms with Gasteiger partial charge >= 0.3 is 21.0 Å². The van der Waals surface area contributed by atoms with Gasteiger partial charge in [0.1, 0.15) is 26.4 Å². The molecule has 4 fully saturated rings. The van der Waals surface area contributed by atoms with Crippen LogP contribution in [0.5, 0.6) is 0 Å². The summed E-state index contributed by atoms with van der Waals surface area (Å²) in [6, 6.07) is 0. The average molecular weight is 324 g/mol. The third-order valence-corrected chi connectivity index (χ3v) is 10.5. The number of fused-ring (bicyclic) bond motifs is 2. The predicted octanol–water partition coefficient (Wildman–Crippen LogP) is 3.37. The lowest BCUT2D eigenvalue weighted by molar-refractivity contribution is -0.0349. The first kappa shape index (κ1) is 14.2. The predicted molar refractivity (Wildman–Crippen MR) is 75.0 cm³/mol. The molecular weight excluding hydrogens is 302 g/mol. The van der Waals surface area contributed by atoms with E-state index in [-0.39, 0.29) is 10.8 Å². The van der Waals surface area contributed by atoms with Crippen LogP contribution in [0.4, 0.5) is 0 Å². The molecule has 4 aliphatic rings. The quantitative estimate of drug-likeness (QED) is 0.503. The molecule has 4 aliphatic heterocycles. The van der Waals surface area contributed by atoms with Gasteiger partial charge in [-0.1, -0.05) is 32.2 Å². The number of rotatable bonds is 0. The zero-order chi connectivity index (χ0) is 14.3. The molecule has 20 heavy (non-hydrogen) atoms. The molecule has 1 unspecified atom stereocenters. The molecule has 114 valence electrons. The van der Waals surface area contributed by atoms with Gasteiger partial charge in [-0.3, -0.25) is 0 Å². The van der Waals surface area contributed by atoms with Crippen molar-refractivity contribution in [3.05, 3.63) is 0 Å². The summed E-state index contributed by atoms with van der Waals surface area (Å²) in [5.41, 5.74) is 0.0486. The standard InChI is InChI=1S/C12H22O6P2/c1-10(2)5-13-19(14-6-10)12(9-17-19)18-20(12)15-7-11(3,4)8-16-20/h5-9H2,1-4H3/q+2. The minimum Gasteiger partial charge on any atom is -0.172 e. The van der Waals surface area contributed by atoms with Gasteiger partial charge in [-0.15, -0.1) is 0 Å². The number of hydrogen-bond donors (Lipinski definition) is 0. The molecule has 0 aliphatic carbocycles. The Bertz CT molecular complexity index is 433. The Kier molecular flexibility index (Phi) is 2.79. The topological polar surface area (TPSA) is 58.7 Å². The van der Waals surface area contributed by atoms with Crippen LogP contribution >= 0.6 is 15.9 Å². The monoisotopic (exact) mass is 324 g/mol. The highest BCUT2D eigenvalue weighted by atomic mass is 31.3. The Balaban J connectivity index is 1.51. The summed E-state index contributed by atoms with van der Waals surface area (Å²) in [4.78, 5) is 0. The van der Waals surface area contributed by atoms with Crippen molar-refractivity contribution in [1.82, 2.24) is 0 Å².